The van der Waals surface area contributed by atoms with Crippen molar-refractivity contribution >= 4 is 34.2 Å². The molecular formula is C24H18F4N4O3. The van der Waals surface area contributed by atoms with Gasteiger partial charge in [-0.1, -0.05) is 12.1 Å². The average molecular weight is 486 g/mol. The van der Waals surface area contributed by atoms with Crippen LogP contribution in [0.25, 0.3) is 22.0 Å². The highest BCUT2D eigenvalue weighted by molar-refractivity contribution is 6.09. The van der Waals surface area contributed by atoms with Crippen LogP contribution in [0.2, 0.25) is 0 Å². The zero-order valence-corrected chi connectivity index (χ0v) is 18.1. The van der Waals surface area contributed by atoms with Crippen LogP contribution in [-0.2, 0) is 6.18 Å². The van der Waals surface area contributed by atoms with Crippen molar-refractivity contribution in [2.45, 2.75) is 6.18 Å². The lowest BCUT2D eigenvalue weighted by molar-refractivity contribution is -0.137. The van der Waals surface area contributed by atoms with Gasteiger partial charge in [-0.15, -0.1) is 0 Å². The number of benzene rings is 3. The molecule has 3 aromatic carbocycles. The van der Waals surface area contributed by atoms with Crippen LogP contribution in [-0.4, -0.2) is 24.0 Å². The normalized spacial score (nSPS) is 11.3. The van der Waals surface area contributed by atoms with E-state index in [4.69, 9.17) is 10.5 Å². The maximum Gasteiger partial charge on any atom is 0.416 e. The van der Waals surface area contributed by atoms with Crippen LogP contribution in [0.1, 0.15) is 16.1 Å². The smallest absolute Gasteiger partial charge is 0.416 e. The number of hydrogen-bond donors (Lipinski definition) is 4. The molecule has 0 saturated carbocycles. The lowest BCUT2D eigenvalue weighted by Gasteiger charge is -2.11. The van der Waals surface area contributed by atoms with E-state index in [1.807, 2.05) is 0 Å². The number of hydrogen-bond acceptors (Lipinski definition) is 3. The number of aromatic amines is 1. The highest BCUT2D eigenvalue weighted by Crippen LogP contribution is 2.35. The van der Waals surface area contributed by atoms with Gasteiger partial charge in [-0.2, -0.15) is 13.2 Å². The topological polar surface area (TPSA) is 109 Å². The van der Waals surface area contributed by atoms with Crippen molar-refractivity contribution in [3.05, 3.63) is 77.7 Å². The molecule has 11 heteroatoms. The number of anilines is 2. The molecule has 0 bridgehead atoms. The number of nitrogens with two attached hydrogens (primary N) is 1. The fourth-order valence-corrected chi connectivity index (χ4v) is 3.58. The molecule has 1 heterocycles. The molecule has 7 nitrogen and oxygen atoms in total. The number of alkyl halides is 3. The molecule has 0 aliphatic rings. The molecular weight excluding hydrogens is 468 g/mol. The Hall–Kier alpha value is -4.54. The standard InChI is InChI=1S/C24H18F4N4O3/c1-35-15-7-9-18-16(11-15)20(21(31-18)22(29)33)12-2-5-14(6-3-12)30-23(34)32-19-8-4-13(10-17(19)25)24(26,27)28/h2-11,31H,1H3,(H2,29,33)(H2,30,32,34). The van der Waals surface area contributed by atoms with E-state index in [0.717, 1.165) is 6.07 Å². The number of aromatic nitrogens is 1. The van der Waals surface area contributed by atoms with E-state index in [1.165, 1.54) is 7.11 Å². The van der Waals surface area contributed by atoms with Crippen molar-refractivity contribution < 1.29 is 31.9 Å². The van der Waals surface area contributed by atoms with Crippen LogP contribution < -0.4 is 21.1 Å². The highest BCUT2D eigenvalue weighted by Gasteiger charge is 2.31. The van der Waals surface area contributed by atoms with Crippen LogP contribution in [0.4, 0.5) is 33.7 Å². The Morgan fingerprint density at radius 1 is 0.971 bits per heavy atom. The maximum absolute atomic E-state index is 14.0. The van der Waals surface area contributed by atoms with Crippen LogP contribution in [0.5, 0.6) is 5.75 Å². The predicted octanol–water partition coefficient (Wildman–Crippen LogP) is 5.74. The lowest BCUT2D eigenvalue weighted by Crippen LogP contribution is -2.20. The Kier molecular flexibility index (Phi) is 6.08. The van der Waals surface area contributed by atoms with Crippen LogP contribution in [0.15, 0.2) is 60.7 Å². The van der Waals surface area contributed by atoms with E-state index in [1.54, 1.807) is 42.5 Å². The van der Waals surface area contributed by atoms with Gasteiger partial charge < -0.3 is 26.1 Å². The molecule has 0 aliphatic carbocycles. The number of methoxy groups -OCH3 is 1. The van der Waals surface area contributed by atoms with Crippen LogP contribution in [0, 0.1) is 5.82 Å². The zero-order chi connectivity index (χ0) is 25.3. The van der Waals surface area contributed by atoms with Crippen molar-refractivity contribution in [3.63, 3.8) is 0 Å². The molecule has 0 spiro atoms. The molecule has 0 fully saturated rings. The molecule has 4 aromatic rings. The Bertz CT molecular complexity index is 1430. The summed E-state index contributed by atoms with van der Waals surface area (Å²) in [5.41, 5.74) is 6.33. The minimum Gasteiger partial charge on any atom is -0.497 e. The third-order valence-corrected chi connectivity index (χ3v) is 5.23. The van der Waals surface area contributed by atoms with E-state index in [2.05, 4.69) is 15.6 Å². The first kappa shape index (κ1) is 23.6. The summed E-state index contributed by atoms with van der Waals surface area (Å²) in [5.74, 6) is -1.30. The molecule has 0 atom stereocenters. The Labute approximate surface area is 195 Å². The van der Waals surface area contributed by atoms with E-state index in [9.17, 15) is 27.2 Å². The fraction of sp³-hybridized carbons (Fsp3) is 0.0833. The minimum absolute atomic E-state index is 0.199. The van der Waals surface area contributed by atoms with Crippen molar-refractivity contribution in [2.24, 2.45) is 5.73 Å². The summed E-state index contributed by atoms with van der Waals surface area (Å²) < 4.78 is 57.3. The van der Waals surface area contributed by atoms with Crippen molar-refractivity contribution in [1.82, 2.24) is 4.98 Å². The number of rotatable bonds is 5. The summed E-state index contributed by atoms with van der Waals surface area (Å²) in [5, 5.41) is 5.34. The van der Waals surface area contributed by atoms with Crippen molar-refractivity contribution in [3.8, 4) is 16.9 Å². The Morgan fingerprint density at radius 2 is 1.69 bits per heavy atom. The number of carbonyl (C=O) groups excluding carboxylic acids is 2. The van der Waals surface area contributed by atoms with Gasteiger partial charge in [-0.3, -0.25) is 4.79 Å². The Balaban J connectivity index is 1.55. The van der Waals surface area contributed by atoms with Gasteiger partial charge >= 0.3 is 12.2 Å². The summed E-state index contributed by atoms with van der Waals surface area (Å²) >= 11 is 0. The van der Waals surface area contributed by atoms with Gasteiger partial charge in [-0.25, -0.2) is 9.18 Å². The van der Waals surface area contributed by atoms with Crippen LogP contribution in [0.3, 0.4) is 0 Å². The van der Waals surface area contributed by atoms with E-state index in [0.29, 0.717) is 45.6 Å². The second kappa shape index (κ2) is 9.01. The first-order chi connectivity index (χ1) is 16.6. The molecule has 4 rings (SSSR count). The Morgan fingerprint density at radius 3 is 2.29 bits per heavy atom. The monoisotopic (exact) mass is 486 g/mol. The quantitative estimate of drug-likeness (QED) is 0.270. The number of urea groups is 1. The number of amides is 3. The second-order valence-electron chi connectivity index (χ2n) is 7.50. The highest BCUT2D eigenvalue weighted by atomic mass is 19.4. The van der Waals surface area contributed by atoms with Crippen molar-refractivity contribution in [2.75, 3.05) is 17.7 Å². The zero-order valence-electron chi connectivity index (χ0n) is 18.1. The minimum atomic E-state index is -4.70. The molecule has 0 radical (unpaired) electrons. The molecule has 0 unspecified atom stereocenters. The number of halogens is 4. The molecule has 3 amide bonds. The SMILES string of the molecule is COc1ccc2[nH]c(C(N)=O)c(-c3ccc(NC(=O)Nc4ccc(C(F)(F)F)cc4F)cc3)c2c1. The van der Waals surface area contributed by atoms with E-state index >= 15 is 0 Å². The van der Waals surface area contributed by atoms with Gasteiger partial charge in [0.1, 0.15) is 17.3 Å². The molecule has 35 heavy (non-hydrogen) atoms. The third-order valence-electron chi connectivity index (χ3n) is 5.23. The second-order valence-corrected chi connectivity index (χ2v) is 7.50. The van der Waals surface area contributed by atoms with Gasteiger partial charge in [0.05, 0.1) is 18.4 Å². The van der Waals surface area contributed by atoms with Gasteiger partial charge in [0.25, 0.3) is 5.91 Å². The maximum atomic E-state index is 14.0. The molecule has 180 valence electrons. The summed E-state index contributed by atoms with van der Waals surface area (Å²) in [6, 6.07) is 12.6. The average Bonchev–Trinajstić information content (AvgIpc) is 3.19. The van der Waals surface area contributed by atoms with E-state index in [-0.39, 0.29) is 5.69 Å². The van der Waals surface area contributed by atoms with Crippen LogP contribution >= 0.6 is 0 Å². The number of fused-ring (bicyclic) bond motifs is 1. The summed E-state index contributed by atoms with van der Waals surface area (Å²) in [7, 11) is 1.52. The van der Waals surface area contributed by atoms with Gasteiger partial charge in [0.2, 0.25) is 0 Å². The van der Waals surface area contributed by atoms with Gasteiger partial charge in [0.15, 0.2) is 0 Å². The molecule has 5 N–H and O–H groups in total. The summed E-state index contributed by atoms with van der Waals surface area (Å²) in [6.07, 6.45) is -4.70. The van der Waals surface area contributed by atoms with Gasteiger partial charge in [0, 0.05) is 22.2 Å². The summed E-state index contributed by atoms with van der Waals surface area (Å²) in [6.45, 7) is 0. The first-order valence-corrected chi connectivity index (χ1v) is 10.1. The van der Waals surface area contributed by atoms with E-state index < -0.39 is 35.2 Å². The first-order valence-electron chi connectivity index (χ1n) is 10.1. The lowest BCUT2D eigenvalue weighted by atomic mass is 10.0. The van der Waals surface area contributed by atoms with Crippen molar-refractivity contribution in [1.29, 1.82) is 0 Å². The number of primary amides is 1. The molecule has 0 saturated heterocycles. The fourth-order valence-electron chi connectivity index (χ4n) is 3.58. The summed E-state index contributed by atoms with van der Waals surface area (Å²) in [4.78, 5) is 27.2. The number of nitrogens with one attached hydrogen (secondary N) is 3. The number of H-pyrrole nitrogens is 1. The molecule has 1 aromatic heterocycles. The number of ether oxygens (including phenoxy) is 1. The van der Waals surface area contributed by atoms with Gasteiger partial charge in [-0.05, 0) is 54.1 Å². The number of carbonyl (C=O) groups is 2. The third kappa shape index (κ3) is 4.88. The molecule has 0 aliphatic heterocycles. The predicted molar refractivity (Wildman–Crippen MR) is 123 cm³/mol. The largest absolute Gasteiger partial charge is 0.497 e.